The van der Waals surface area contributed by atoms with Gasteiger partial charge in [-0.1, -0.05) is 122 Å². The largest absolute Gasteiger partial charge is 0.461 e. The van der Waals surface area contributed by atoms with Gasteiger partial charge in [-0.3, -0.25) is 14.4 Å². The van der Waals surface area contributed by atoms with E-state index in [2.05, 4.69) is 46.0 Å². The first-order chi connectivity index (χ1) is 68.3. The van der Waals surface area contributed by atoms with Crippen LogP contribution in [0.25, 0.3) is 0 Å². The summed E-state index contributed by atoms with van der Waals surface area (Å²) in [6.45, 7) is 13.5. The predicted molar refractivity (Wildman–Crippen MR) is 489 cm³/mol. The lowest BCUT2D eigenvalue weighted by Gasteiger charge is -2.71. The van der Waals surface area contributed by atoms with Gasteiger partial charge in [-0.25, -0.2) is 0 Å². The van der Waals surface area contributed by atoms with Gasteiger partial charge in [0.15, 0.2) is 56.2 Å². The summed E-state index contributed by atoms with van der Waals surface area (Å²) in [5.74, 6) is -2.44. The molecule has 22 N–H and O–H groups in total. The summed E-state index contributed by atoms with van der Waals surface area (Å²) in [6, 6.07) is 16.7. The summed E-state index contributed by atoms with van der Waals surface area (Å²) in [4.78, 5) is 58.6. The van der Waals surface area contributed by atoms with Crippen molar-refractivity contribution in [3.8, 4) is 11.5 Å². The number of carbonyl (C=O) groups is 4. The highest BCUT2D eigenvalue weighted by Crippen LogP contribution is 2.76. The predicted octanol–water partition coefficient (Wildman–Crippen LogP) is -2.06. The SMILES string of the molecule is C[C@@H]1O[C@@H](O[C@H]2[C@H](O)[C@@H](C(=O)NCCCCCCCCCCC(=O)OCc3cccc(Oc4ccccc4)c3)O[C@@H](O[C@H]3CC[C@]4(C)[C@H]5CC=C6[C@@H]7CC(C)(C)CC[C@]7(C(=O)O[C@@H]7O[C@H](C)[C@H](O)[C@H](O)[C@H]7O[C@@H]7O[C@@H](C)[C@H](O[C@@H]8OC[C@@H](O)[C@H](O)[C@H]8O)[C@@H](O[C@@H]8O[C@H](CO)[C@@H](O)[C@H](O[C@@H]9OC[C@@H](O)[C@H](O)[C@H]9O)[C@H]8O)[C@H]7O)[C@H](O)C[C@@]6(C)[C@]5(C)CC[C@H]4[C@]3(C)C=O)[C@@H]2O[C@@H]2O[C@H](CO)[C@H](O)[C@H](O)[C@H]2O)[C@H](O)[C@H](O)[C@H]1O. The number of aldehydes is 1. The number of hydrogen-bond acceptors (Lipinski definition) is 43. The quantitative estimate of drug-likeness (QED) is 0.0116. The van der Waals surface area contributed by atoms with E-state index in [1.54, 1.807) is 6.92 Å². The molecule has 0 bridgehead atoms. The Balaban J connectivity index is 0.648. The van der Waals surface area contributed by atoms with Crippen LogP contribution in [-0.2, 0) is 106 Å². The fourth-order valence-electron chi connectivity index (χ4n) is 25.0. The van der Waals surface area contributed by atoms with Crippen molar-refractivity contribution in [2.24, 2.45) is 50.2 Å². The van der Waals surface area contributed by atoms with E-state index in [1.807, 2.05) is 54.6 Å². The van der Waals surface area contributed by atoms with Gasteiger partial charge in [0.25, 0.3) is 5.91 Å². The topological polar surface area (TPSA) is 671 Å². The molecule has 0 aromatic heterocycles. The molecule has 44 heteroatoms. The van der Waals surface area contributed by atoms with Crippen LogP contribution >= 0.6 is 0 Å². The van der Waals surface area contributed by atoms with E-state index in [9.17, 15) is 122 Å². The van der Waals surface area contributed by atoms with Gasteiger partial charge in [0.05, 0.1) is 62.4 Å². The molecule has 44 nitrogen and oxygen atoms in total. The van der Waals surface area contributed by atoms with Gasteiger partial charge in [0, 0.05) is 13.0 Å². The Bertz CT molecular complexity index is 4570. The summed E-state index contributed by atoms with van der Waals surface area (Å²) in [5.41, 5.74) is -4.49. The number of carbonyl (C=O) groups excluding carboxylic acids is 4. The normalized spacial score (nSPS) is 47.0. The molecule has 0 radical (unpaired) electrons. The minimum atomic E-state index is -2.24. The molecule has 13 aliphatic rings. The maximum atomic E-state index is 16.2. The van der Waals surface area contributed by atoms with Crippen LogP contribution in [0.15, 0.2) is 66.2 Å². The number of rotatable bonds is 35. The molecule has 0 unspecified atom stereocenters. The highest BCUT2D eigenvalue weighted by Gasteiger charge is 2.74. The molecule has 8 aliphatic heterocycles. The lowest BCUT2D eigenvalue weighted by Crippen LogP contribution is -2.70. The van der Waals surface area contributed by atoms with E-state index in [0.717, 1.165) is 49.5 Å². The zero-order chi connectivity index (χ0) is 104. The second-order valence-corrected chi connectivity index (χ2v) is 43.6. The average Bonchev–Trinajstić information content (AvgIpc) is 0.667. The molecule has 2 aromatic rings. The molecule has 15 rings (SSSR count). The van der Waals surface area contributed by atoms with Gasteiger partial charge in [0.2, 0.25) is 6.29 Å². The zero-order valence-corrected chi connectivity index (χ0v) is 82.5. The van der Waals surface area contributed by atoms with Crippen LogP contribution < -0.4 is 10.1 Å². The second-order valence-electron chi connectivity index (χ2n) is 43.6. The number of amides is 1. The third-order valence-electron chi connectivity index (χ3n) is 33.8. The summed E-state index contributed by atoms with van der Waals surface area (Å²) < 4.78 is 111. The van der Waals surface area contributed by atoms with Crippen molar-refractivity contribution in [1.82, 2.24) is 5.32 Å². The zero-order valence-electron chi connectivity index (χ0n) is 82.5. The van der Waals surface area contributed by atoms with E-state index in [0.29, 0.717) is 69.3 Å². The molecule has 0 spiro atoms. The standard InChI is InChI=1S/C100H151NO43/c1-45-62(109)68(115)73(120)88(130-45)139-80-75(122)82(85(125)101-35-20-15-13-11-10-12-14-19-26-61(108)127-41-48-22-21-25-50(36-48)133-49-23-17-16-18-24-49)141-93(84(80)143-89-74(121)69(116)66(113)55(39-102)134-89)136-60-30-31-96(6)57(97(60,7)44-104)29-32-98(8)58(96)28-27-51-52-37-95(4,5)33-34-100(52,59(107)38-99(51,98)9)94(126)144-92-83(70(117)63(110)46(2)131-92)142-90-77(124)81(78(47(3)132-90)137-86-71(118)64(111)53(105)42-128-86)140-91-76(123)79(67(114)56(40-103)135-91)138-87-72(119)65(112)54(106)43-129-87/h16-18,21-25,27,36,44-47,52-60,62-84,86-93,102-103,105-107,109-124H,10-15,19-20,26,28-35,37-43H2,1-9H3,(H,101,125)/t45-,46+,47-,52-,53+,54+,55+,56+,57+,58+,59+,60-,62-,63-,64-,65-,66-,67+,68+,69-,70-,71+,72+,73+,74+,75-,76+,77+,78-,79-,80-,81-,82-,83+,84+,86-,87-,88-,89-,90-,91-,92-,93+,96-,97-,98+,99+,100+/m0/s1. The number of hydrogen-bond donors (Lipinski definition) is 22. The second kappa shape index (κ2) is 46.7. The number of para-hydroxylation sites is 1. The van der Waals surface area contributed by atoms with Gasteiger partial charge >= 0.3 is 11.9 Å². The summed E-state index contributed by atoms with van der Waals surface area (Å²) in [5, 5.41) is 241. The van der Waals surface area contributed by atoms with Gasteiger partial charge in [-0.15, -0.1) is 0 Å². The Morgan fingerprint density at radius 2 is 0.979 bits per heavy atom. The van der Waals surface area contributed by atoms with E-state index >= 15 is 4.79 Å². The van der Waals surface area contributed by atoms with E-state index < -0.39 is 328 Å². The van der Waals surface area contributed by atoms with Crippen molar-refractivity contribution in [3.63, 3.8) is 0 Å². The lowest BCUT2D eigenvalue weighted by molar-refractivity contribution is -0.399. The summed E-state index contributed by atoms with van der Waals surface area (Å²) in [7, 11) is 0. The smallest absolute Gasteiger partial charge is 0.317 e. The van der Waals surface area contributed by atoms with Crippen LogP contribution in [-0.4, -0.2) is 410 Å². The van der Waals surface area contributed by atoms with Crippen molar-refractivity contribution >= 4 is 24.1 Å². The van der Waals surface area contributed by atoms with Crippen LogP contribution in [0.3, 0.4) is 0 Å². The minimum absolute atomic E-state index is 0.0190. The maximum Gasteiger partial charge on any atom is 0.317 e. The molecule has 144 heavy (non-hydrogen) atoms. The Hall–Kier alpha value is -5.38. The van der Waals surface area contributed by atoms with Gasteiger partial charge in [-0.05, 0) is 161 Å². The lowest BCUT2D eigenvalue weighted by atomic mass is 9.33. The Kier molecular flexibility index (Phi) is 36.5. The number of fused-ring (bicyclic) bond motifs is 7. The molecule has 8 saturated heterocycles. The molecule has 4 saturated carbocycles. The third kappa shape index (κ3) is 22.6. The Morgan fingerprint density at radius 1 is 0.451 bits per heavy atom. The van der Waals surface area contributed by atoms with Gasteiger partial charge in [0.1, 0.15) is 182 Å². The average molecular weight is 2060 g/mol. The van der Waals surface area contributed by atoms with Crippen molar-refractivity contribution in [3.05, 3.63) is 71.8 Å². The molecule has 5 aliphatic carbocycles. The number of ether oxygens (including phenoxy) is 18. The van der Waals surface area contributed by atoms with Gasteiger partial charge in [-0.2, -0.15) is 0 Å². The van der Waals surface area contributed by atoms with Crippen molar-refractivity contribution < 1.29 is 212 Å². The fourth-order valence-corrected chi connectivity index (χ4v) is 25.0. The van der Waals surface area contributed by atoms with Gasteiger partial charge < -0.3 is 203 Å². The van der Waals surface area contributed by atoms with Crippen LogP contribution in [0.4, 0.5) is 0 Å². The molecular formula is C100H151NO43. The van der Waals surface area contributed by atoms with Crippen LogP contribution in [0.1, 0.15) is 183 Å². The number of aliphatic hydroxyl groups is 21. The molecule has 2 aromatic carbocycles. The summed E-state index contributed by atoms with van der Waals surface area (Å²) in [6.07, 6.45) is -62.0. The van der Waals surface area contributed by atoms with E-state index in [1.165, 1.54) is 20.8 Å². The molecule has 814 valence electrons. The number of nitrogens with one attached hydrogen (secondary N) is 1. The molecular weight excluding hydrogens is 1900 g/mol. The van der Waals surface area contributed by atoms with Crippen molar-refractivity contribution in [2.75, 3.05) is 33.0 Å². The first-order valence-corrected chi connectivity index (χ1v) is 50.8. The number of benzene rings is 2. The first kappa shape index (κ1) is 113. The number of aliphatic hydroxyl groups excluding tert-OH is 21. The summed E-state index contributed by atoms with van der Waals surface area (Å²) >= 11 is 0. The van der Waals surface area contributed by atoms with Crippen LogP contribution in [0, 0.1) is 50.2 Å². The van der Waals surface area contributed by atoms with Crippen LogP contribution in [0.2, 0.25) is 0 Å². The molecule has 8 heterocycles. The molecule has 1 amide bonds. The number of allylic oxidation sites excluding steroid dienone is 2. The number of unbranched alkanes of at least 4 members (excludes halogenated alkanes) is 7. The Labute approximate surface area is 834 Å². The fraction of sp³-hybridized carbons (Fsp3) is 0.820. The van der Waals surface area contributed by atoms with Crippen LogP contribution in [0.5, 0.6) is 11.5 Å². The minimum Gasteiger partial charge on any atom is -0.461 e. The Morgan fingerprint density at radius 3 is 1.62 bits per heavy atom. The van der Waals surface area contributed by atoms with E-state index in [-0.39, 0.29) is 50.7 Å². The van der Waals surface area contributed by atoms with E-state index in [4.69, 9.17) is 85.3 Å². The maximum absolute atomic E-state index is 16.2. The highest BCUT2D eigenvalue weighted by atomic mass is 16.8. The molecule has 48 atom stereocenters. The van der Waals surface area contributed by atoms with Crippen molar-refractivity contribution in [1.29, 1.82) is 0 Å². The third-order valence-corrected chi connectivity index (χ3v) is 33.8. The highest BCUT2D eigenvalue weighted by molar-refractivity contribution is 5.82. The number of esters is 2. The first-order valence-electron chi connectivity index (χ1n) is 50.8. The monoisotopic (exact) mass is 2050 g/mol. The van der Waals surface area contributed by atoms with Crippen molar-refractivity contribution in [2.45, 2.75) is 430 Å². The molecule has 12 fully saturated rings.